The summed E-state index contributed by atoms with van der Waals surface area (Å²) in [7, 11) is 1.38. The van der Waals surface area contributed by atoms with Gasteiger partial charge >= 0.3 is 12.1 Å². The summed E-state index contributed by atoms with van der Waals surface area (Å²) >= 11 is 1.38. The molecule has 10 nitrogen and oxygen atoms in total. The molecule has 27 heavy (non-hydrogen) atoms. The quantitative estimate of drug-likeness (QED) is 0.455. The van der Waals surface area contributed by atoms with Crippen LogP contribution in [-0.2, 0) is 20.9 Å². The van der Waals surface area contributed by atoms with Crippen molar-refractivity contribution < 1.29 is 29.2 Å². The van der Waals surface area contributed by atoms with E-state index in [-0.39, 0.29) is 47.1 Å². The Balaban J connectivity index is 1.70. The molecule has 2 aliphatic rings. The van der Waals surface area contributed by atoms with Gasteiger partial charge in [-0.15, -0.1) is 11.8 Å². The Morgan fingerprint density at radius 2 is 2.07 bits per heavy atom. The first-order valence-electron chi connectivity index (χ1n) is 7.83. The zero-order chi connectivity index (χ0) is 19.7. The summed E-state index contributed by atoms with van der Waals surface area (Å²) in [6.45, 7) is -0.130. The summed E-state index contributed by atoms with van der Waals surface area (Å²) in [5.74, 6) is -1.31. The van der Waals surface area contributed by atoms with Crippen LogP contribution in [0.2, 0.25) is 0 Å². The number of nitro benzene ring substituents is 1. The van der Waals surface area contributed by atoms with Crippen LogP contribution in [0.15, 0.2) is 35.7 Å². The molecule has 1 unspecified atom stereocenters. The molecule has 2 aliphatic heterocycles. The molecule has 1 N–H and O–H groups in total. The van der Waals surface area contributed by atoms with E-state index in [0.29, 0.717) is 5.56 Å². The Morgan fingerprint density at radius 3 is 2.63 bits per heavy atom. The van der Waals surface area contributed by atoms with Crippen LogP contribution >= 0.6 is 11.8 Å². The summed E-state index contributed by atoms with van der Waals surface area (Å²) in [6.07, 6.45) is -0.502. The fraction of sp³-hybridized carbons (Fsp3) is 0.312. The number of carbonyl (C=O) groups is 3. The Bertz CT molecular complexity index is 852. The lowest BCUT2D eigenvalue weighted by atomic mass is 10.1. The third-order valence-corrected chi connectivity index (χ3v) is 5.43. The van der Waals surface area contributed by atoms with Crippen molar-refractivity contribution >= 4 is 35.4 Å². The standard InChI is InChI=1S/C16H15N3O7S/c1-17(11-8-27-13-6-12(20)18(13)14(11)15(21)22)16(23)26-7-9-2-4-10(5-3-9)19(24)25/h2-5,13H,6-8H2,1H3,(H,21,22). The molecule has 0 spiro atoms. The van der Waals surface area contributed by atoms with E-state index in [0.717, 1.165) is 4.90 Å². The Morgan fingerprint density at radius 1 is 1.41 bits per heavy atom. The average Bonchev–Trinajstić information content (AvgIpc) is 2.64. The maximum atomic E-state index is 12.3. The fourth-order valence-corrected chi connectivity index (χ4v) is 4.03. The number of nitrogens with zero attached hydrogens (tertiary/aromatic N) is 3. The van der Waals surface area contributed by atoms with Crippen molar-refractivity contribution in [2.45, 2.75) is 18.4 Å². The maximum Gasteiger partial charge on any atom is 0.414 e. The number of ether oxygens (including phenoxy) is 1. The number of rotatable bonds is 5. The Hall–Kier alpha value is -3.08. The molecule has 1 atom stereocenters. The second-order valence-corrected chi connectivity index (χ2v) is 7.04. The maximum absolute atomic E-state index is 12.3. The van der Waals surface area contributed by atoms with Crippen molar-refractivity contribution in [2.24, 2.45) is 0 Å². The third kappa shape index (κ3) is 3.58. The van der Waals surface area contributed by atoms with Crippen LogP contribution in [0.25, 0.3) is 0 Å². The minimum Gasteiger partial charge on any atom is -0.477 e. The normalized spacial score (nSPS) is 18.5. The first-order chi connectivity index (χ1) is 12.8. The van der Waals surface area contributed by atoms with Gasteiger partial charge in [0.2, 0.25) is 5.91 Å². The highest BCUT2D eigenvalue weighted by atomic mass is 32.2. The molecule has 3 rings (SSSR count). The van der Waals surface area contributed by atoms with E-state index in [1.165, 1.54) is 48.0 Å². The highest BCUT2D eigenvalue weighted by Gasteiger charge is 2.46. The molecule has 11 heteroatoms. The number of hydrogen-bond donors (Lipinski definition) is 1. The van der Waals surface area contributed by atoms with Gasteiger partial charge in [0, 0.05) is 24.9 Å². The minimum absolute atomic E-state index is 0.0774. The zero-order valence-electron chi connectivity index (χ0n) is 14.2. The largest absolute Gasteiger partial charge is 0.477 e. The van der Waals surface area contributed by atoms with E-state index >= 15 is 0 Å². The second-order valence-electron chi connectivity index (χ2n) is 5.87. The molecule has 0 saturated carbocycles. The number of amides is 2. The van der Waals surface area contributed by atoms with E-state index in [4.69, 9.17) is 4.74 Å². The molecule has 0 bridgehead atoms. The average molecular weight is 393 g/mol. The van der Waals surface area contributed by atoms with Gasteiger partial charge in [0.25, 0.3) is 5.69 Å². The topological polar surface area (TPSA) is 130 Å². The van der Waals surface area contributed by atoms with Gasteiger partial charge in [0.15, 0.2) is 5.70 Å². The van der Waals surface area contributed by atoms with Crippen LogP contribution in [0, 0.1) is 10.1 Å². The van der Waals surface area contributed by atoms with Crippen LogP contribution < -0.4 is 0 Å². The number of hydrogen-bond acceptors (Lipinski definition) is 7. The summed E-state index contributed by atoms with van der Waals surface area (Å²) < 4.78 is 5.16. The van der Waals surface area contributed by atoms with E-state index < -0.39 is 17.0 Å². The lowest BCUT2D eigenvalue weighted by Crippen LogP contribution is -2.55. The predicted molar refractivity (Wildman–Crippen MR) is 93.4 cm³/mol. The molecular formula is C16H15N3O7S. The number of fused-ring (bicyclic) bond motifs is 1. The highest BCUT2D eigenvalue weighted by molar-refractivity contribution is 8.00. The molecule has 1 aromatic rings. The van der Waals surface area contributed by atoms with Gasteiger partial charge in [0.1, 0.15) is 6.61 Å². The number of aliphatic carboxylic acids is 1. The molecule has 1 fully saturated rings. The van der Waals surface area contributed by atoms with Crippen molar-refractivity contribution in [2.75, 3.05) is 12.8 Å². The summed E-state index contributed by atoms with van der Waals surface area (Å²) in [4.78, 5) is 48.0. The van der Waals surface area contributed by atoms with E-state index in [9.17, 15) is 29.6 Å². The van der Waals surface area contributed by atoms with Crippen LogP contribution in [0.3, 0.4) is 0 Å². The van der Waals surface area contributed by atoms with Crippen LogP contribution in [0.5, 0.6) is 0 Å². The van der Waals surface area contributed by atoms with Gasteiger partial charge in [-0.2, -0.15) is 0 Å². The Labute approximate surface area is 157 Å². The molecule has 0 radical (unpaired) electrons. The number of nitro groups is 1. The number of carbonyl (C=O) groups excluding carboxylic acids is 2. The monoisotopic (exact) mass is 393 g/mol. The number of carboxylic acids is 1. The molecule has 1 saturated heterocycles. The summed E-state index contributed by atoms with van der Waals surface area (Å²) in [5, 5.41) is 19.9. The van der Waals surface area contributed by atoms with Crippen molar-refractivity contribution in [1.82, 2.24) is 9.80 Å². The fourth-order valence-electron chi connectivity index (χ4n) is 2.72. The van der Waals surface area contributed by atoms with Crippen LogP contribution in [0.4, 0.5) is 10.5 Å². The van der Waals surface area contributed by atoms with Gasteiger partial charge in [-0.1, -0.05) is 0 Å². The Kier molecular flexibility index (Phi) is 5.04. The molecule has 0 aliphatic carbocycles. The van der Waals surface area contributed by atoms with Crippen molar-refractivity contribution in [1.29, 1.82) is 0 Å². The number of non-ortho nitro benzene ring substituents is 1. The highest BCUT2D eigenvalue weighted by Crippen LogP contribution is 2.40. The molecular weight excluding hydrogens is 378 g/mol. The van der Waals surface area contributed by atoms with Crippen molar-refractivity contribution in [3.63, 3.8) is 0 Å². The first kappa shape index (κ1) is 18.7. The number of carboxylic acid groups (broad SMARTS) is 1. The smallest absolute Gasteiger partial charge is 0.414 e. The lowest BCUT2D eigenvalue weighted by Gasteiger charge is -2.44. The van der Waals surface area contributed by atoms with Crippen molar-refractivity contribution in [3.05, 3.63) is 51.3 Å². The molecule has 0 aromatic heterocycles. The van der Waals surface area contributed by atoms with Crippen molar-refractivity contribution in [3.8, 4) is 0 Å². The third-order valence-electron chi connectivity index (χ3n) is 4.22. The van der Waals surface area contributed by atoms with E-state index in [2.05, 4.69) is 0 Å². The van der Waals surface area contributed by atoms with E-state index in [1.54, 1.807) is 0 Å². The van der Waals surface area contributed by atoms with Crippen LogP contribution in [0.1, 0.15) is 12.0 Å². The summed E-state index contributed by atoms with van der Waals surface area (Å²) in [5.41, 5.74) is 0.451. The van der Waals surface area contributed by atoms with Gasteiger partial charge < -0.3 is 9.84 Å². The van der Waals surface area contributed by atoms with Gasteiger partial charge in [0.05, 0.1) is 22.4 Å². The van der Waals surface area contributed by atoms with Crippen LogP contribution in [-0.4, -0.2) is 56.0 Å². The van der Waals surface area contributed by atoms with Gasteiger partial charge in [-0.05, 0) is 17.7 Å². The molecule has 142 valence electrons. The number of benzene rings is 1. The number of thioether (sulfide) groups is 1. The number of β-lactam (4-membered cyclic amide) rings is 1. The molecule has 1 aromatic carbocycles. The van der Waals surface area contributed by atoms with E-state index in [1.807, 2.05) is 0 Å². The molecule has 2 amide bonds. The van der Waals surface area contributed by atoms with Gasteiger partial charge in [-0.3, -0.25) is 24.7 Å². The molecule has 2 heterocycles. The zero-order valence-corrected chi connectivity index (χ0v) is 15.0. The predicted octanol–water partition coefficient (Wildman–Crippen LogP) is 1.76. The SMILES string of the molecule is CN(C(=O)OCc1ccc([N+](=O)[O-])cc1)C1=C(C(=O)O)N2C(=O)CC2SC1. The second kappa shape index (κ2) is 7.27. The van der Waals surface area contributed by atoms with Gasteiger partial charge in [-0.25, -0.2) is 9.59 Å². The minimum atomic E-state index is -1.28. The lowest BCUT2D eigenvalue weighted by molar-refractivity contribution is -0.384. The first-order valence-corrected chi connectivity index (χ1v) is 8.88. The summed E-state index contributed by atoms with van der Waals surface area (Å²) in [6, 6.07) is 5.52.